The smallest absolute Gasteiger partial charge is 0.243 e. The van der Waals surface area contributed by atoms with Crippen LogP contribution in [0.1, 0.15) is 19.4 Å². The number of nitrogens with two attached hydrogens (primary N) is 1. The molecule has 0 fully saturated rings. The normalized spacial score (nSPS) is 12.8. The van der Waals surface area contributed by atoms with Crippen LogP contribution < -0.4 is 21.7 Å². The number of amides is 4. The third-order valence-electron chi connectivity index (χ3n) is 4.02. The van der Waals surface area contributed by atoms with Gasteiger partial charge in [-0.3, -0.25) is 19.2 Å². The molecule has 9 nitrogen and oxygen atoms in total. The lowest BCUT2D eigenvalue weighted by molar-refractivity contribution is -0.130. The summed E-state index contributed by atoms with van der Waals surface area (Å²) in [5.41, 5.74) is 6.87. The first-order valence-corrected chi connectivity index (χ1v) is 8.46. The van der Waals surface area contributed by atoms with Crippen molar-refractivity contribution in [2.75, 3.05) is 6.54 Å². The molecule has 6 N–H and O–H groups in total. The van der Waals surface area contributed by atoms with E-state index in [2.05, 4.69) is 20.9 Å². The first-order chi connectivity index (χ1) is 12.8. The molecule has 0 saturated heterocycles. The van der Waals surface area contributed by atoms with Crippen LogP contribution in [0.25, 0.3) is 10.9 Å². The molecular formula is C18H23N5O4. The van der Waals surface area contributed by atoms with Gasteiger partial charge in [0, 0.05) is 30.4 Å². The monoisotopic (exact) mass is 373 g/mol. The van der Waals surface area contributed by atoms with E-state index in [1.807, 2.05) is 24.3 Å². The maximum absolute atomic E-state index is 12.5. The first kappa shape index (κ1) is 20.0. The SMILES string of the molecule is CC(=O)N[C@@H](Cc1c[nH]c2ccccc12)C(=O)NCC(=O)N[C@@H](C)C(N)=O. The van der Waals surface area contributed by atoms with Crippen LogP contribution in [0.3, 0.4) is 0 Å². The Bertz CT molecular complexity index is 860. The van der Waals surface area contributed by atoms with E-state index < -0.39 is 29.8 Å². The zero-order chi connectivity index (χ0) is 20.0. The molecular weight excluding hydrogens is 350 g/mol. The van der Waals surface area contributed by atoms with Crippen LogP contribution in [0.5, 0.6) is 0 Å². The molecule has 0 saturated carbocycles. The molecule has 1 heterocycles. The number of primary amides is 1. The number of aromatic nitrogens is 1. The fourth-order valence-electron chi connectivity index (χ4n) is 2.63. The van der Waals surface area contributed by atoms with Crippen molar-refractivity contribution in [2.45, 2.75) is 32.4 Å². The molecule has 144 valence electrons. The van der Waals surface area contributed by atoms with E-state index in [4.69, 9.17) is 5.73 Å². The molecule has 4 amide bonds. The zero-order valence-electron chi connectivity index (χ0n) is 15.2. The van der Waals surface area contributed by atoms with E-state index >= 15 is 0 Å². The van der Waals surface area contributed by atoms with E-state index in [9.17, 15) is 19.2 Å². The van der Waals surface area contributed by atoms with Crippen molar-refractivity contribution >= 4 is 34.5 Å². The predicted molar refractivity (Wildman–Crippen MR) is 99.4 cm³/mol. The number of fused-ring (bicyclic) bond motifs is 1. The molecule has 0 aliphatic heterocycles. The fraction of sp³-hybridized carbons (Fsp3) is 0.333. The third kappa shape index (κ3) is 5.56. The number of benzene rings is 1. The lowest BCUT2D eigenvalue weighted by Gasteiger charge is -2.18. The van der Waals surface area contributed by atoms with Crippen LogP contribution in [0.15, 0.2) is 30.5 Å². The standard InChI is InChI=1S/C18H23N5O4/c1-10(17(19)26)22-16(25)9-21-18(27)15(23-11(2)24)7-12-8-20-14-6-4-3-5-13(12)14/h3-6,8,10,15,20H,7,9H2,1-2H3,(H2,19,26)(H,21,27)(H,22,25)(H,23,24)/t10-,15-/m0/s1. The Kier molecular flexibility index (Phi) is 6.53. The maximum atomic E-state index is 12.5. The lowest BCUT2D eigenvalue weighted by atomic mass is 10.0. The summed E-state index contributed by atoms with van der Waals surface area (Å²) in [6, 6.07) is 5.93. The minimum atomic E-state index is -0.844. The molecule has 27 heavy (non-hydrogen) atoms. The third-order valence-corrected chi connectivity index (χ3v) is 4.02. The summed E-state index contributed by atoms with van der Waals surface area (Å²) in [6.45, 7) is 2.43. The Balaban J connectivity index is 2.02. The number of rotatable bonds is 8. The second-order valence-electron chi connectivity index (χ2n) is 6.23. The fourth-order valence-corrected chi connectivity index (χ4v) is 2.63. The van der Waals surface area contributed by atoms with E-state index in [-0.39, 0.29) is 18.9 Å². The van der Waals surface area contributed by atoms with Gasteiger partial charge in [0.2, 0.25) is 23.6 Å². The molecule has 0 radical (unpaired) electrons. The molecule has 2 atom stereocenters. The Morgan fingerprint density at radius 2 is 1.85 bits per heavy atom. The van der Waals surface area contributed by atoms with Gasteiger partial charge in [-0.15, -0.1) is 0 Å². The average molecular weight is 373 g/mol. The topological polar surface area (TPSA) is 146 Å². The Labute approximate surface area is 156 Å². The summed E-state index contributed by atoms with van der Waals surface area (Å²) in [7, 11) is 0. The van der Waals surface area contributed by atoms with E-state index in [1.165, 1.54) is 13.8 Å². The van der Waals surface area contributed by atoms with Crippen molar-refractivity contribution < 1.29 is 19.2 Å². The molecule has 0 unspecified atom stereocenters. The van der Waals surface area contributed by atoms with Crippen molar-refractivity contribution in [2.24, 2.45) is 5.73 Å². The number of hydrogen-bond donors (Lipinski definition) is 5. The van der Waals surface area contributed by atoms with Gasteiger partial charge in [-0.25, -0.2) is 0 Å². The summed E-state index contributed by atoms with van der Waals surface area (Å²) in [5.74, 6) is -2.09. The van der Waals surface area contributed by atoms with Crippen LogP contribution in [-0.2, 0) is 25.6 Å². The molecule has 0 bridgehead atoms. The summed E-state index contributed by atoms with van der Waals surface area (Å²) >= 11 is 0. The highest BCUT2D eigenvalue weighted by Crippen LogP contribution is 2.19. The van der Waals surface area contributed by atoms with Crippen molar-refractivity contribution in [1.82, 2.24) is 20.9 Å². The van der Waals surface area contributed by atoms with Gasteiger partial charge >= 0.3 is 0 Å². The second kappa shape index (κ2) is 8.84. The molecule has 2 rings (SSSR count). The Hall–Kier alpha value is -3.36. The van der Waals surface area contributed by atoms with Gasteiger partial charge in [-0.05, 0) is 18.6 Å². The molecule has 0 aliphatic carbocycles. The highest BCUT2D eigenvalue weighted by atomic mass is 16.2. The number of aromatic amines is 1. The van der Waals surface area contributed by atoms with Crippen molar-refractivity contribution in [3.63, 3.8) is 0 Å². The molecule has 2 aromatic rings. The summed E-state index contributed by atoms with van der Waals surface area (Å²) < 4.78 is 0. The van der Waals surface area contributed by atoms with Crippen molar-refractivity contribution in [3.05, 3.63) is 36.0 Å². The van der Waals surface area contributed by atoms with Gasteiger partial charge in [-0.2, -0.15) is 0 Å². The molecule has 1 aromatic heterocycles. The van der Waals surface area contributed by atoms with E-state index in [0.29, 0.717) is 0 Å². The summed E-state index contributed by atoms with van der Waals surface area (Å²) in [4.78, 5) is 49.8. The average Bonchev–Trinajstić information content (AvgIpc) is 3.01. The van der Waals surface area contributed by atoms with Gasteiger partial charge < -0.3 is 26.7 Å². The minimum absolute atomic E-state index is 0.259. The number of H-pyrrole nitrogens is 1. The quantitative estimate of drug-likeness (QED) is 0.417. The van der Waals surface area contributed by atoms with E-state index in [1.54, 1.807) is 6.20 Å². The van der Waals surface area contributed by atoms with Crippen LogP contribution in [-0.4, -0.2) is 47.2 Å². The highest BCUT2D eigenvalue weighted by molar-refractivity contribution is 5.92. The number of para-hydroxylation sites is 1. The lowest BCUT2D eigenvalue weighted by Crippen LogP contribution is -2.51. The Morgan fingerprint density at radius 1 is 1.15 bits per heavy atom. The van der Waals surface area contributed by atoms with Crippen LogP contribution in [0.2, 0.25) is 0 Å². The maximum Gasteiger partial charge on any atom is 0.243 e. The molecule has 0 aliphatic rings. The second-order valence-corrected chi connectivity index (χ2v) is 6.23. The number of carbonyl (C=O) groups excluding carboxylic acids is 4. The van der Waals surface area contributed by atoms with Gasteiger partial charge in [0.15, 0.2) is 0 Å². The summed E-state index contributed by atoms with van der Waals surface area (Å²) in [5, 5.41) is 8.38. The Morgan fingerprint density at radius 3 is 2.52 bits per heavy atom. The predicted octanol–water partition coefficient (Wildman–Crippen LogP) is -0.679. The van der Waals surface area contributed by atoms with Crippen LogP contribution in [0.4, 0.5) is 0 Å². The molecule has 9 heteroatoms. The number of carbonyl (C=O) groups is 4. The van der Waals surface area contributed by atoms with Gasteiger partial charge in [0.1, 0.15) is 12.1 Å². The van der Waals surface area contributed by atoms with Crippen LogP contribution in [0, 0.1) is 0 Å². The van der Waals surface area contributed by atoms with Crippen LogP contribution >= 0.6 is 0 Å². The van der Waals surface area contributed by atoms with Crippen molar-refractivity contribution in [3.8, 4) is 0 Å². The molecule has 0 spiro atoms. The number of nitrogens with one attached hydrogen (secondary N) is 4. The molecule has 1 aromatic carbocycles. The van der Waals surface area contributed by atoms with Gasteiger partial charge in [0.05, 0.1) is 6.54 Å². The van der Waals surface area contributed by atoms with E-state index in [0.717, 1.165) is 16.5 Å². The number of hydrogen-bond acceptors (Lipinski definition) is 4. The zero-order valence-corrected chi connectivity index (χ0v) is 15.2. The van der Waals surface area contributed by atoms with Crippen molar-refractivity contribution in [1.29, 1.82) is 0 Å². The largest absolute Gasteiger partial charge is 0.368 e. The first-order valence-electron chi connectivity index (χ1n) is 8.46. The minimum Gasteiger partial charge on any atom is -0.368 e. The summed E-state index contributed by atoms with van der Waals surface area (Å²) in [6.07, 6.45) is 2.04. The highest BCUT2D eigenvalue weighted by Gasteiger charge is 2.22. The van der Waals surface area contributed by atoms with Gasteiger partial charge in [-0.1, -0.05) is 18.2 Å². The van der Waals surface area contributed by atoms with Gasteiger partial charge in [0.25, 0.3) is 0 Å².